The fraction of sp³-hybridized carbons (Fsp3) is 0.675. The number of terminal acetylenes is 1. The largest absolute Gasteiger partial charge is 0.355 e. The number of hydrogen-bond acceptors (Lipinski definition) is 18. The summed E-state index contributed by atoms with van der Waals surface area (Å²) in [7, 11) is 5.95. The average Bonchev–Trinajstić information content (AvgIpc) is 0.794. The van der Waals surface area contributed by atoms with E-state index in [0.29, 0.717) is 44.5 Å². The first kappa shape index (κ1) is 92.8. The monoisotopic (exact) mass is 1540 g/mol. The van der Waals surface area contributed by atoms with E-state index in [1.165, 1.54) is 65.6 Å². The van der Waals surface area contributed by atoms with Gasteiger partial charge in [0.2, 0.25) is 41.4 Å². The minimum atomic E-state index is -0.463. The van der Waals surface area contributed by atoms with Crippen molar-refractivity contribution in [3.8, 4) is 12.3 Å². The number of nitrogens with zero attached hydrogens (tertiary/aromatic N) is 11. The van der Waals surface area contributed by atoms with Gasteiger partial charge in [0.1, 0.15) is 0 Å². The van der Waals surface area contributed by atoms with Crippen molar-refractivity contribution in [1.29, 1.82) is 0 Å². The van der Waals surface area contributed by atoms with Gasteiger partial charge in [-0.3, -0.25) is 105 Å². The maximum Gasteiger partial charge on any atom is 0.269 e. The van der Waals surface area contributed by atoms with Gasteiger partial charge in [-0.2, -0.15) is 0 Å². The molecule has 4 aromatic heterocycles. The molecule has 0 spiro atoms. The van der Waals surface area contributed by atoms with Crippen LogP contribution in [-0.4, -0.2) is 198 Å². The predicted octanol–water partition coefficient (Wildman–Crippen LogP) is 0.129. The first-order valence-electron chi connectivity index (χ1n) is 38.4. The standard InChI is InChI=1S/C77H124N18O15/c1-22-27-78-59(100)44-91(42-32-83-60(101)45-89(38-28-79-55(96)23-34-92-74(107)66(51(10)11)62(47(2)3)70(103)85(92)18)39-29-80-56(97)24-35-93-75(108)67(52(12)13)63(48(4)5)71(104)86(93)19)43-33-84-61(102)46-90(40-30-81-57(98)25-36-94-76(109)68(53(14)15)64(49(6)7)72(105)87(94)20)41-31-82-58(99)26-37-95-77(110)69(54(16)17)65(50(8)9)73(106)88(95)21/h1,47-54H,23-46H2,2-21H3,(H,78,100)(H,79,96)(H,80,97)(H,81,98)(H,82,99)(H,83,101)(H,84,102). The summed E-state index contributed by atoms with van der Waals surface area (Å²) in [5.41, 5.74) is 0.578. The van der Waals surface area contributed by atoms with Crippen molar-refractivity contribution in [1.82, 2.24) is 89.4 Å². The van der Waals surface area contributed by atoms with Crippen LogP contribution < -0.4 is 81.7 Å². The number of amides is 7. The number of carbonyl (C=O) groups is 7. The van der Waals surface area contributed by atoms with E-state index in [-0.39, 0.29) is 248 Å². The van der Waals surface area contributed by atoms with E-state index in [2.05, 4.69) is 43.1 Å². The van der Waals surface area contributed by atoms with Crippen molar-refractivity contribution in [2.45, 2.75) is 210 Å². The molecule has 4 heterocycles. The number of nitrogens with one attached hydrogen (secondary N) is 7. The zero-order chi connectivity index (χ0) is 82.9. The minimum Gasteiger partial charge on any atom is -0.355 e. The highest BCUT2D eigenvalue weighted by atomic mass is 16.2. The highest BCUT2D eigenvalue weighted by Crippen LogP contribution is 2.23. The summed E-state index contributed by atoms with van der Waals surface area (Å²) in [4.78, 5) is 208. The minimum absolute atomic E-state index is 0.00926. The number of hydrogen-bond donors (Lipinski definition) is 7. The van der Waals surface area contributed by atoms with Gasteiger partial charge in [-0.05, 0) is 47.3 Å². The smallest absolute Gasteiger partial charge is 0.269 e. The third kappa shape index (κ3) is 25.8. The Hall–Kier alpha value is -9.55. The molecule has 7 N–H and O–H groups in total. The molecular formula is C77H124N18O15. The molecule has 0 aliphatic rings. The van der Waals surface area contributed by atoms with Crippen LogP contribution in [0.4, 0.5) is 0 Å². The van der Waals surface area contributed by atoms with E-state index in [9.17, 15) is 71.9 Å². The molecule has 0 fully saturated rings. The second-order valence-electron chi connectivity index (χ2n) is 30.5. The van der Waals surface area contributed by atoms with Gasteiger partial charge in [0.25, 0.3) is 44.5 Å². The lowest BCUT2D eigenvalue weighted by molar-refractivity contribution is -0.123. The van der Waals surface area contributed by atoms with Crippen molar-refractivity contribution < 1.29 is 33.6 Å². The molecule has 0 aliphatic carbocycles. The highest BCUT2D eigenvalue weighted by molar-refractivity contribution is 5.80. The van der Waals surface area contributed by atoms with E-state index in [0.717, 1.165) is 0 Å². The summed E-state index contributed by atoms with van der Waals surface area (Å²) in [5, 5.41) is 19.7. The van der Waals surface area contributed by atoms with Crippen molar-refractivity contribution >= 4 is 41.4 Å². The normalized spacial score (nSPS) is 11.8. The number of rotatable bonds is 45. The van der Waals surface area contributed by atoms with Crippen LogP contribution in [0, 0.1) is 12.3 Å². The van der Waals surface area contributed by atoms with Crippen LogP contribution in [0.5, 0.6) is 0 Å². The summed E-state index contributed by atoms with van der Waals surface area (Å²) in [6.45, 7) is 29.2. The second-order valence-corrected chi connectivity index (χ2v) is 30.5. The van der Waals surface area contributed by atoms with E-state index < -0.39 is 41.4 Å². The van der Waals surface area contributed by atoms with Gasteiger partial charge in [0.05, 0.1) is 52.4 Å². The lowest BCUT2D eigenvalue weighted by atomic mass is 9.93. The molecule has 0 saturated carbocycles. The molecule has 33 nitrogen and oxygen atoms in total. The number of carbonyl (C=O) groups excluding carboxylic acids is 7. The molecule has 0 aromatic carbocycles. The Balaban J connectivity index is 1.49. The predicted molar refractivity (Wildman–Crippen MR) is 424 cm³/mol. The van der Waals surface area contributed by atoms with Crippen LogP contribution in [0.1, 0.15) is 228 Å². The molecule has 110 heavy (non-hydrogen) atoms. The van der Waals surface area contributed by atoms with Gasteiger partial charge in [0, 0.05) is 177 Å². The zero-order valence-electron chi connectivity index (χ0n) is 68.7. The quantitative estimate of drug-likeness (QED) is 0.0289. The zero-order valence-corrected chi connectivity index (χ0v) is 68.7. The Morgan fingerprint density at radius 2 is 0.445 bits per heavy atom. The van der Waals surface area contributed by atoms with Gasteiger partial charge >= 0.3 is 0 Å². The van der Waals surface area contributed by atoms with Gasteiger partial charge in [-0.25, -0.2) is 18.7 Å². The van der Waals surface area contributed by atoms with E-state index >= 15 is 0 Å². The van der Waals surface area contributed by atoms with Crippen molar-refractivity contribution in [2.24, 2.45) is 28.2 Å². The third-order valence-corrected chi connectivity index (χ3v) is 19.4. The summed E-state index contributed by atoms with van der Waals surface area (Å²) in [6, 6.07) is 0. The van der Waals surface area contributed by atoms with Crippen LogP contribution in [0.2, 0.25) is 0 Å². The molecular weight excluding hydrogens is 1420 g/mol. The molecule has 4 rings (SSSR count). The topological polar surface area (TPSA) is 389 Å². The van der Waals surface area contributed by atoms with Crippen molar-refractivity contribution in [3.63, 3.8) is 0 Å². The molecule has 612 valence electrons. The fourth-order valence-corrected chi connectivity index (χ4v) is 13.7. The third-order valence-electron chi connectivity index (χ3n) is 19.4. The first-order chi connectivity index (χ1) is 51.6. The van der Waals surface area contributed by atoms with Gasteiger partial charge in [-0.1, -0.05) is 117 Å². The van der Waals surface area contributed by atoms with Crippen LogP contribution in [0.3, 0.4) is 0 Å². The Kier molecular flexibility index (Phi) is 36.9. The lowest BCUT2D eigenvalue weighted by Crippen LogP contribution is -2.48. The first-order valence-corrected chi connectivity index (χ1v) is 38.4. The van der Waals surface area contributed by atoms with Gasteiger partial charge in [-0.15, -0.1) is 6.42 Å². The summed E-state index contributed by atoms with van der Waals surface area (Å²) in [6.07, 6.45) is 4.83. The Morgan fingerprint density at radius 1 is 0.282 bits per heavy atom. The Bertz CT molecular complexity index is 3950. The molecule has 0 saturated heterocycles. The Labute approximate surface area is 644 Å². The van der Waals surface area contributed by atoms with E-state index in [1.807, 2.05) is 111 Å². The fourth-order valence-electron chi connectivity index (χ4n) is 13.7. The maximum absolute atomic E-state index is 13.9. The molecule has 0 unspecified atom stereocenters. The van der Waals surface area contributed by atoms with Crippen LogP contribution in [0.15, 0.2) is 38.4 Å². The lowest BCUT2D eigenvalue weighted by Gasteiger charge is -2.25. The van der Waals surface area contributed by atoms with E-state index in [1.54, 1.807) is 14.7 Å². The van der Waals surface area contributed by atoms with Crippen molar-refractivity contribution in [2.75, 3.05) is 105 Å². The van der Waals surface area contributed by atoms with Crippen LogP contribution in [-0.2, 0) is 87.9 Å². The SMILES string of the molecule is C#CCNC(=O)CN(CCNC(=O)CN(CCNC(=O)CCn1c(=O)c(C(C)C)c(C(C)C)c(=O)n1C)CCNC(=O)CCn1c(=O)c(C(C)C)c(C(C)C)c(=O)n1C)CCNC(=O)CN(CCNC(=O)CCn1c(=O)c(C(C)C)c(C(C)C)c(=O)n1C)CCNC(=O)CCn1c(=O)c(C(C)C)c(C(C)C)c(=O)n1C. The highest BCUT2D eigenvalue weighted by Gasteiger charge is 2.28. The Morgan fingerprint density at radius 3 is 0.618 bits per heavy atom. The van der Waals surface area contributed by atoms with Gasteiger partial charge in [0.15, 0.2) is 0 Å². The summed E-state index contributed by atoms with van der Waals surface area (Å²) >= 11 is 0. The van der Waals surface area contributed by atoms with Gasteiger partial charge < -0.3 is 37.2 Å². The maximum atomic E-state index is 13.9. The summed E-state index contributed by atoms with van der Waals surface area (Å²) in [5.74, 6) is -2.55. The summed E-state index contributed by atoms with van der Waals surface area (Å²) < 4.78 is 9.97. The van der Waals surface area contributed by atoms with Crippen molar-refractivity contribution in [3.05, 3.63) is 127 Å². The molecule has 33 heteroatoms. The molecule has 0 radical (unpaired) electrons. The molecule has 0 bridgehead atoms. The molecule has 0 atom stereocenters. The molecule has 7 amide bonds. The molecule has 4 aromatic rings. The van der Waals surface area contributed by atoms with Crippen LogP contribution >= 0.6 is 0 Å². The average molecular weight is 1540 g/mol. The van der Waals surface area contributed by atoms with Crippen LogP contribution in [0.25, 0.3) is 0 Å². The van der Waals surface area contributed by atoms with E-state index in [4.69, 9.17) is 6.42 Å². The number of aromatic nitrogens is 8. The second kappa shape index (κ2) is 43.7. The molecule has 0 aliphatic heterocycles.